The number of aliphatic hydroxyl groups excluding tert-OH is 2. The zero-order valence-corrected chi connectivity index (χ0v) is 21.1. The third-order valence-corrected chi connectivity index (χ3v) is 12.2. The molecule has 32 heavy (non-hydrogen) atoms. The number of rotatable bonds is 5. The van der Waals surface area contributed by atoms with E-state index in [4.69, 9.17) is 4.74 Å². The van der Waals surface area contributed by atoms with Crippen LogP contribution in [-0.2, 0) is 4.74 Å². The van der Waals surface area contributed by atoms with E-state index in [0.29, 0.717) is 17.8 Å². The molecular weight excluding hydrogens is 396 g/mol. The van der Waals surface area contributed by atoms with Gasteiger partial charge in [-0.05, 0) is 91.4 Å². The number of epoxide rings is 1. The second kappa shape index (κ2) is 7.08. The van der Waals surface area contributed by atoms with Crippen molar-refractivity contribution in [2.24, 2.45) is 46.3 Å². The summed E-state index contributed by atoms with van der Waals surface area (Å²) in [6, 6.07) is 0. The summed E-state index contributed by atoms with van der Waals surface area (Å²) in [7, 11) is 0. The molecule has 6 rings (SSSR count). The van der Waals surface area contributed by atoms with Gasteiger partial charge < -0.3 is 14.9 Å². The first-order valence-corrected chi connectivity index (χ1v) is 13.9. The van der Waals surface area contributed by atoms with E-state index < -0.39 is 6.10 Å². The lowest BCUT2D eigenvalue weighted by Gasteiger charge is -2.54. The fourth-order valence-electron chi connectivity index (χ4n) is 9.92. The lowest BCUT2D eigenvalue weighted by molar-refractivity contribution is -0.00164. The van der Waals surface area contributed by atoms with E-state index in [1.165, 1.54) is 49.7 Å². The Morgan fingerprint density at radius 2 is 1.75 bits per heavy atom. The third kappa shape index (κ3) is 2.83. The van der Waals surface area contributed by atoms with Crippen LogP contribution >= 0.6 is 0 Å². The molecule has 2 N–H and O–H groups in total. The van der Waals surface area contributed by atoms with E-state index in [0.717, 1.165) is 48.9 Å². The van der Waals surface area contributed by atoms with Gasteiger partial charge in [0.15, 0.2) is 0 Å². The fourth-order valence-corrected chi connectivity index (χ4v) is 9.92. The number of fused-ring (bicyclic) bond motifs is 3. The summed E-state index contributed by atoms with van der Waals surface area (Å²) < 4.78 is 6.35. The van der Waals surface area contributed by atoms with Gasteiger partial charge in [0.25, 0.3) is 0 Å². The topological polar surface area (TPSA) is 53.0 Å². The summed E-state index contributed by atoms with van der Waals surface area (Å²) in [6.45, 7) is 12.4. The van der Waals surface area contributed by atoms with E-state index in [1.807, 2.05) is 0 Å². The predicted octanol–water partition coefficient (Wildman–Crippen LogP) is 5.88. The minimum atomic E-state index is -0.446. The van der Waals surface area contributed by atoms with Crippen LogP contribution in [0.2, 0.25) is 0 Å². The van der Waals surface area contributed by atoms with Gasteiger partial charge in [-0.15, -0.1) is 0 Å². The van der Waals surface area contributed by atoms with Gasteiger partial charge in [0, 0.05) is 11.8 Å². The van der Waals surface area contributed by atoms with Crippen molar-refractivity contribution >= 4 is 0 Å². The Balaban J connectivity index is 1.24. The fraction of sp³-hybridized carbons (Fsp3) is 0.931. The van der Waals surface area contributed by atoms with Gasteiger partial charge in [-0.2, -0.15) is 0 Å². The van der Waals surface area contributed by atoms with Gasteiger partial charge in [0.1, 0.15) is 17.8 Å². The molecule has 3 saturated carbocycles. The molecule has 6 aliphatic rings. The third-order valence-electron chi connectivity index (χ3n) is 12.2. The van der Waals surface area contributed by atoms with Gasteiger partial charge in [0.05, 0.1) is 6.10 Å². The minimum Gasteiger partial charge on any atom is -0.393 e. The van der Waals surface area contributed by atoms with Gasteiger partial charge in [-0.25, -0.2) is 0 Å². The quantitative estimate of drug-likeness (QED) is 0.413. The standard InChI is InChI=1S/C29H46O3/c1-16(20-14-18(20)3)6-7-17(2)21-8-9-22-24-23(11-12-27(21,22)4)28(5)13-10-19(30)15-29(28)26(32-29)25(24)31/h16-22,25-26,30-31H,6-15H2,1-5H3/t16-,17-,18-,19+,20+,21?,22?,25+,26+,27-,28-,29+/m1/s1. The van der Waals surface area contributed by atoms with Gasteiger partial charge in [-0.1, -0.05) is 53.0 Å². The van der Waals surface area contributed by atoms with Gasteiger partial charge >= 0.3 is 0 Å². The van der Waals surface area contributed by atoms with E-state index in [1.54, 1.807) is 0 Å². The molecule has 3 heteroatoms. The first-order valence-electron chi connectivity index (χ1n) is 13.9. The van der Waals surface area contributed by atoms with E-state index in [-0.39, 0.29) is 23.2 Å². The van der Waals surface area contributed by atoms with Crippen LogP contribution in [0.25, 0.3) is 0 Å². The average molecular weight is 443 g/mol. The SMILES string of the molecule is C[C@H](CC[C@@H](C)[C@@H]1C[C@H]1C)C1CCC2C3=C(CC[C@@]21C)[C@@]1(C)CC[C@H](O)C[C@@]12O[C@H]2[C@H]3O. The van der Waals surface area contributed by atoms with Crippen molar-refractivity contribution < 1.29 is 14.9 Å². The van der Waals surface area contributed by atoms with E-state index in [2.05, 4.69) is 34.6 Å². The summed E-state index contributed by atoms with van der Waals surface area (Å²) in [5.41, 5.74) is 2.99. The van der Waals surface area contributed by atoms with E-state index in [9.17, 15) is 10.2 Å². The average Bonchev–Trinajstić information content (AvgIpc) is 3.63. The molecule has 5 aliphatic carbocycles. The summed E-state index contributed by atoms with van der Waals surface area (Å²) in [4.78, 5) is 0. The lowest BCUT2D eigenvalue weighted by atomic mass is 9.49. The highest BCUT2D eigenvalue weighted by molar-refractivity contribution is 5.45. The molecule has 12 atom stereocenters. The van der Waals surface area contributed by atoms with Crippen LogP contribution in [-0.4, -0.2) is 34.1 Å². The second-order valence-electron chi connectivity index (χ2n) is 13.7. The molecule has 3 nitrogen and oxygen atoms in total. The molecule has 1 heterocycles. The lowest BCUT2D eigenvalue weighted by Crippen LogP contribution is -2.55. The summed E-state index contributed by atoms with van der Waals surface area (Å²) in [6.07, 6.45) is 11.0. The molecule has 4 fully saturated rings. The molecule has 1 spiro atoms. The van der Waals surface area contributed by atoms with Crippen LogP contribution in [0.3, 0.4) is 0 Å². The summed E-state index contributed by atoms with van der Waals surface area (Å²) in [5.74, 6) is 4.93. The molecule has 0 amide bonds. The van der Waals surface area contributed by atoms with Crippen molar-refractivity contribution in [3.05, 3.63) is 11.1 Å². The van der Waals surface area contributed by atoms with E-state index >= 15 is 0 Å². The highest BCUT2D eigenvalue weighted by Crippen LogP contribution is 2.72. The van der Waals surface area contributed by atoms with Crippen LogP contribution in [0.1, 0.15) is 98.8 Å². The normalized spacial score (nSPS) is 55.4. The molecule has 180 valence electrons. The maximum absolute atomic E-state index is 11.5. The second-order valence-corrected chi connectivity index (χ2v) is 13.7. The molecule has 2 unspecified atom stereocenters. The zero-order valence-electron chi connectivity index (χ0n) is 21.1. The Hall–Kier alpha value is -0.380. The molecule has 0 aromatic carbocycles. The maximum atomic E-state index is 11.5. The Morgan fingerprint density at radius 3 is 2.47 bits per heavy atom. The van der Waals surface area contributed by atoms with Crippen LogP contribution in [0, 0.1) is 46.3 Å². The largest absolute Gasteiger partial charge is 0.393 e. The molecule has 1 saturated heterocycles. The predicted molar refractivity (Wildman–Crippen MR) is 127 cm³/mol. The molecule has 0 bridgehead atoms. The first-order chi connectivity index (χ1) is 15.1. The van der Waals surface area contributed by atoms with Crippen molar-refractivity contribution in [2.75, 3.05) is 0 Å². The number of hydrogen-bond donors (Lipinski definition) is 2. The number of ether oxygens (including phenoxy) is 1. The Morgan fingerprint density at radius 1 is 1.03 bits per heavy atom. The molecular formula is C29H46O3. The van der Waals surface area contributed by atoms with Crippen molar-refractivity contribution in [2.45, 2.75) is 123 Å². The highest BCUT2D eigenvalue weighted by Gasteiger charge is 2.76. The monoisotopic (exact) mass is 442 g/mol. The van der Waals surface area contributed by atoms with Crippen molar-refractivity contribution in [3.8, 4) is 0 Å². The Kier molecular flexibility index (Phi) is 4.89. The first kappa shape index (κ1) is 22.1. The van der Waals surface area contributed by atoms with Crippen molar-refractivity contribution in [1.29, 1.82) is 0 Å². The summed E-state index contributed by atoms with van der Waals surface area (Å²) in [5, 5.41) is 21.9. The smallest absolute Gasteiger partial charge is 0.118 e. The number of aliphatic hydroxyl groups is 2. The van der Waals surface area contributed by atoms with Gasteiger partial charge in [-0.3, -0.25) is 0 Å². The van der Waals surface area contributed by atoms with Crippen LogP contribution in [0.5, 0.6) is 0 Å². The molecule has 0 radical (unpaired) electrons. The summed E-state index contributed by atoms with van der Waals surface area (Å²) >= 11 is 0. The molecule has 0 aromatic rings. The number of hydrogen-bond acceptors (Lipinski definition) is 3. The van der Waals surface area contributed by atoms with Crippen LogP contribution < -0.4 is 0 Å². The Bertz CT molecular complexity index is 819. The Labute approximate surface area is 195 Å². The van der Waals surface area contributed by atoms with Crippen LogP contribution in [0.15, 0.2) is 11.1 Å². The maximum Gasteiger partial charge on any atom is 0.118 e. The molecule has 1 aliphatic heterocycles. The highest BCUT2D eigenvalue weighted by atomic mass is 16.6. The van der Waals surface area contributed by atoms with Crippen LogP contribution in [0.4, 0.5) is 0 Å². The van der Waals surface area contributed by atoms with Gasteiger partial charge in [0.2, 0.25) is 0 Å². The minimum absolute atomic E-state index is 0.0207. The van der Waals surface area contributed by atoms with Crippen molar-refractivity contribution in [3.63, 3.8) is 0 Å². The van der Waals surface area contributed by atoms with Crippen molar-refractivity contribution in [1.82, 2.24) is 0 Å². The zero-order chi connectivity index (χ0) is 22.6. The molecule has 0 aromatic heterocycles.